The van der Waals surface area contributed by atoms with Gasteiger partial charge in [0, 0.05) is 12.1 Å². The normalized spacial score (nSPS) is 10.2. The molecule has 9 heteroatoms. The summed E-state index contributed by atoms with van der Waals surface area (Å²) in [4.78, 5) is 34.1. The minimum absolute atomic E-state index is 0.0780. The van der Waals surface area contributed by atoms with Crippen LogP contribution in [0.3, 0.4) is 0 Å². The monoisotopic (exact) mass is 354 g/mol. The minimum atomic E-state index is -0.644. The summed E-state index contributed by atoms with van der Waals surface area (Å²) in [5.74, 6) is -1.24. The highest BCUT2D eigenvalue weighted by Crippen LogP contribution is 2.26. The van der Waals surface area contributed by atoms with Gasteiger partial charge in [-0.1, -0.05) is 11.6 Å². The van der Waals surface area contributed by atoms with Gasteiger partial charge in [-0.05, 0) is 30.0 Å². The lowest BCUT2D eigenvalue weighted by Crippen LogP contribution is -2.21. The van der Waals surface area contributed by atoms with Gasteiger partial charge in [-0.2, -0.15) is 0 Å². The number of hydrogen-bond donors (Lipinski definition) is 1. The average Bonchev–Trinajstić information content (AvgIpc) is 2.93. The van der Waals surface area contributed by atoms with Crippen molar-refractivity contribution in [2.45, 2.75) is 6.92 Å². The van der Waals surface area contributed by atoms with E-state index in [0.29, 0.717) is 4.88 Å². The topological polar surface area (TPSA) is 98.5 Å². The number of nitrogens with zero attached hydrogens (tertiary/aromatic N) is 1. The van der Waals surface area contributed by atoms with Crippen LogP contribution in [0.4, 0.5) is 11.4 Å². The highest BCUT2D eigenvalue weighted by molar-refractivity contribution is 7.12. The maximum atomic E-state index is 11.8. The summed E-state index contributed by atoms with van der Waals surface area (Å²) in [6.07, 6.45) is 0. The van der Waals surface area contributed by atoms with E-state index in [0.717, 1.165) is 11.6 Å². The van der Waals surface area contributed by atoms with Crippen LogP contribution in [0.15, 0.2) is 29.6 Å². The van der Waals surface area contributed by atoms with Crippen LogP contribution in [-0.4, -0.2) is 23.4 Å². The summed E-state index contributed by atoms with van der Waals surface area (Å²) in [6.45, 7) is 1.24. The van der Waals surface area contributed by atoms with Crippen LogP contribution in [-0.2, 0) is 9.53 Å². The van der Waals surface area contributed by atoms with Crippen molar-refractivity contribution in [1.29, 1.82) is 0 Å². The van der Waals surface area contributed by atoms with E-state index >= 15 is 0 Å². The molecule has 0 radical (unpaired) electrons. The second-order valence-corrected chi connectivity index (χ2v) is 5.80. The van der Waals surface area contributed by atoms with Crippen molar-refractivity contribution in [2.75, 3.05) is 11.9 Å². The fourth-order valence-corrected chi connectivity index (χ4v) is 2.67. The molecular weight excluding hydrogens is 344 g/mol. The number of anilines is 1. The maximum Gasteiger partial charge on any atom is 0.349 e. The Kier molecular flexibility index (Phi) is 5.30. The van der Waals surface area contributed by atoms with E-state index in [1.807, 2.05) is 0 Å². The predicted octanol–water partition coefficient (Wildman–Crippen LogP) is 3.41. The lowest BCUT2D eigenvalue weighted by atomic mass is 10.3. The Balaban J connectivity index is 1.97. The van der Waals surface area contributed by atoms with Gasteiger partial charge in [0.2, 0.25) is 0 Å². The third-order valence-corrected chi connectivity index (χ3v) is 4.14. The van der Waals surface area contributed by atoms with Gasteiger partial charge in [0.15, 0.2) is 6.61 Å². The summed E-state index contributed by atoms with van der Waals surface area (Å²) >= 11 is 7.08. The van der Waals surface area contributed by atoms with Crippen LogP contribution >= 0.6 is 22.9 Å². The molecular formula is C14H11ClN2O5S. The molecule has 0 aliphatic carbocycles. The second kappa shape index (κ2) is 7.21. The molecule has 0 spiro atoms. The van der Waals surface area contributed by atoms with Crippen molar-refractivity contribution >= 4 is 46.2 Å². The van der Waals surface area contributed by atoms with Gasteiger partial charge in [0.25, 0.3) is 11.6 Å². The van der Waals surface area contributed by atoms with E-state index in [-0.39, 0.29) is 16.4 Å². The number of thiophene rings is 1. The van der Waals surface area contributed by atoms with Crippen LogP contribution < -0.4 is 5.32 Å². The SMILES string of the molecule is Cc1ccsc1C(=O)OCC(=O)Nc1cc([N+](=O)[O-])ccc1Cl. The highest BCUT2D eigenvalue weighted by atomic mass is 35.5. The molecule has 120 valence electrons. The lowest BCUT2D eigenvalue weighted by molar-refractivity contribution is -0.384. The fraction of sp³-hybridized carbons (Fsp3) is 0.143. The zero-order chi connectivity index (χ0) is 17.0. The standard InChI is InChI=1S/C14H11ClN2O5S/c1-8-4-5-23-13(8)14(19)22-7-12(18)16-11-6-9(17(20)21)2-3-10(11)15/h2-6H,7H2,1H3,(H,16,18). The Labute approximate surface area is 140 Å². The molecule has 0 aliphatic rings. The van der Waals surface area contributed by atoms with Gasteiger partial charge in [0.1, 0.15) is 4.88 Å². The molecule has 0 saturated carbocycles. The van der Waals surface area contributed by atoms with Gasteiger partial charge >= 0.3 is 5.97 Å². The number of halogens is 1. The Morgan fingerprint density at radius 1 is 1.39 bits per heavy atom. The molecule has 2 aromatic rings. The van der Waals surface area contributed by atoms with Gasteiger partial charge in [-0.15, -0.1) is 11.3 Å². The number of nitro groups is 1. The fourth-order valence-electron chi connectivity index (χ4n) is 1.69. The first kappa shape index (κ1) is 16.9. The summed E-state index contributed by atoms with van der Waals surface area (Å²) in [5, 5.41) is 15.0. The van der Waals surface area contributed by atoms with E-state index in [1.54, 1.807) is 18.4 Å². The molecule has 1 aromatic heterocycles. The summed E-state index contributed by atoms with van der Waals surface area (Å²) < 4.78 is 4.90. The molecule has 0 unspecified atom stereocenters. The smallest absolute Gasteiger partial charge is 0.349 e. The quantitative estimate of drug-likeness (QED) is 0.504. The Bertz CT molecular complexity index is 774. The van der Waals surface area contributed by atoms with Crippen molar-refractivity contribution in [2.24, 2.45) is 0 Å². The molecule has 0 saturated heterocycles. The van der Waals surface area contributed by atoms with Crippen LogP contribution in [0.1, 0.15) is 15.2 Å². The van der Waals surface area contributed by atoms with Crippen molar-refractivity contribution in [3.63, 3.8) is 0 Å². The number of rotatable bonds is 5. The molecule has 0 fully saturated rings. The maximum absolute atomic E-state index is 11.8. The van der Waals surface area contributed by atoms with Crippen LogP contribution in [0.2, 0.25) is 5.02 Å². The average molecular weight is 355 g/mol. The molecule has 23 heavy (non-hydrogen) atoms. The highest BCUT2D eigenvalue weighted by Gasteiger charge is 2.16. The number of esters is 1. The lowest BCUT2D eigenvalue weighted by Gasteiger charge is -2.08. The van der Waals surface area contributed by atoms with Crippen LogP contribution in [0.25, 0.3) is 0 Å². The van der Waals surface area contributed by atoms with Crippen molar-refractivity contribution < 1.29 is 19.2 Å². The number of nitro benzene ring substituents is 1. The Morgan fingerprint density at radius 2 is 2.13 bits per heavy atom. The van der Waals surface area contributed by atoms with Crippen molar-refractivity contribution in [3.05, 3.63) is 55.2 Å². The Morgan fingerprint density at radius 3 is 2.74 bits per heavy atom. The van der Waals surface area contributed by atoms with Gasteiger partial charge in [-0.25, -0.2) is 4.79 Å². The largest absolute Gasteiger partial charge is 0.451 e. The number of aryl methyl sites for hydroxylation is 1. The van der Waals surface area contributed by atoms with Gasteiger partial charge in [-0.3, -0.25) is 14.9 Å². The molecule has 1 N–H and O–H groups in total. The summed E-state index contributed by atoms with van der Waals surface area (Å²) in [6, 6.07) is 5.42. The first-order chi connectivity index (χ1) is 10.9. The molecule has 0 aliphatic heterocycles. The number of carbonyl (C=O) groups is 2. The minimum Gasteiger partial charge on any atom is -0.451 e. The van der Waals surface area contributed by atoms with Crippen molar-refractivity contribution in [1.82, 2.24) is 0 Å². The third-order valence-electron chi connectivity index (χ3n) is 2.82. The number of non-ortho nitro benzene ring substituents is 1. The molecule has 0 bridgehead atoms. The number of hydrogen-bond acceptors (Lipinski definition) is 6. The number of carbonyl (C=O) groups excluding carboxylic acids is 2. The summed E-state index contributed by atoms with van der Waals surface area (Å²) in [5.41, 5.74) is 0.632. The van der Waals surface area contributed by atoms with Crippen LogP contribution in [0, 0.1) is 17.0 Å². The first-order valence-corrected chi connectivity index (χ1v) is 7.59. The molecule has 1 amide bonds. The molecule has 1 heterocycles. The van der Waals surface area contributed by atoms with Gasteiger partial charge < -0.3 is 10.1 Å². The van der Waals surface area contributed by atoms with E-state index < -0.39 is 23.4 Å². The van der Waals surface area contributed by atoms with E-state index in [1.165, 1.54) is 23.5 Å². The van der Waals surface area contributed by atoms with E-state index in [9.17, 15) is 19.7 Å². The first-order valence-electron chi connectivity index (χ1n) is 6.33. The zero-order valence-electron chi connectivity index (χ0n) is 11.9. The molecule has 2 rings (SSSR count). The van der Waals surface area contributed by atoms with E-state index in [4.69, 9.17) is 16.3 Å². The van der Waals surface area contributed by atoms with Gasteiger partial charge in [0.05, 0.1) is 15.6 Å². The van der Waals surface area contributed by atoms with Crippen LogP contribution in [0.5, 0.6) is 0 Å². The number of benzene rings is 1. The number of nitrogens with one attached hydrogen (secondary N) is 1. The molecule has 0 atom stereocenters. The summed E-state index contributed by atoms with van der Waals surface area (Å²) in [7, 11) is 0. The third kappa shape index (κ3) is 4.27. The van der Waals surface area contributed by atoms with E-state index in [2.05, 4.69) is 5.32 Å². The Hall–Kier alpha value is -2.45. The molecule has 1 aromatic carbocycles. The molecule has 7 nitrogen and oxygen atoms in total. The number of amides is 1. The number of ether oxygens (including phenoxy) is 1. The van der Waals surface area contributed by atoms with Crippen molar-refractivity contribution in [3.8, 4) is 0 Å². The zero-order valence-corrected chi connectivity index (χ0v) is 13.4. The predicted molar refractivity (Wildman–Crippen MR) is 86.1 cm³/mol. The second-order valence-electron chi connectivity index (χ2n) is 4.48.